The summed E-state index contributed by atoms with van der Waals surface area (Å²) in [4.78, 5) is 0.914. The minimum atomic E-state index is -0.843. The third kappa shape index (κ3) is 3.61. The zero-order chi connectivity index (χ0) is 9.84. The maximum absolute atomic E-state index is 11.7. The topological polar surface area (TPSA) is 17.1 Å². The van der Waals surface area contributed by atoms with Gasteiger partial charge in [0.15, 0.2) is 0 Å². The van der Waals surface area contributed by atoms with Crippen LogP contribution in [0.3, 0.4) is 0 Å². The van der Waals surface area contributed by atoms with E-state index in [4.69, 9.17) is 0 Å². The zero-order valence-electron chi connectivity index (χ0n) is 7.79. The van der Waals surface area contributed by atoms with Crippen LogP contribution in [-0.2, 0) is 10.8 Å². The Morgan fingerprint density at radius 2 is 1.85 bits per heavy atom. The monoisotopic (exact) mass is 260 g/mol. The van der Waals surface area contributed by atoms with Crippen molar-refractivity contribution < 1.29 is 4.21 Å². The van der Waals surface area contributed by atoms with Crippen LogP contribution in [0.2, 0.25) is 0 Å². The van der Waals surface area contributed by atoms with Gasteiger partial charge in [-0.25, -0.2) is 0 Å². The summed E-state index contributed by atoms with van der Waals surface area (Å²) < 4.78 is 12.7. The molecule has 0 heterocycles. The largest absolute Gasteiger partial charge is 0.254 e. The van der Waals surface area contributed by atoms with E-state index in [1.807, 2.05) is 24.3 Å². The molecule has 1 atom stereocenters. The molecule has 0 N–H and O–H groups in total. The molecule has 0 aromatic heterocycles. The molecule has 1 rings (SSSR count). The Balaban J connectivity index is 2.72. The third-order valence-corrected chi connectivity index (χ3v) is 3.86. The van der Waals surface area contributed by atoms with Gasteiger partial charge >= 0.3 is 0 Å². The van der Waals surface area contributed by atoms with E-state index in [2.05, 4.69) is 29.8 Å². The maximum atomic E-state index is 11.7. The Kier molecular flexibility index (Phi) is 4.13. The summed E-state index contributed by atoms with van der Waals surface area (Å²) in [5.41, 5.74) is 0. The lowest BCUT2D eigenvalue weighted by Gasteiger charge is -2.04. The molecule has 0 aliphatic heterocycles. The predicted molar refractivity (Wildman–Crippen MR) is 60.3 cm³/mol. The van der Waals surface area contributed by atoms with Gasteiger partial charge in [-0.2, -0.15) is 0 Å². The second-order valence-electron chi connectivity index (χ2n) is 3.36. The Hall–Kier alpha value is -0.150. The molecule has 0 saturated carbocycles. The van der Waals surface area contributed by atoms with E-state index in [-0.39, 0.29) is 0 Å². The lowest BCUT2D eigenvalue weighted by Crippen LogP contribution is -2.04. The summed E-state index contributed by atoms with van der Waals surface area (Å²) in [5, 5.41) is 0. The smallest absolute Gasteiger partial charge is 0.0532 e. The lowest BCUT2D eigenvalue weighted by molar-refractivity contribution is 0.665. The first-order valence-electron chi connectivity index (χ1n) is 4.23. The van der Waals surface area contributed by atoms with Crippen molar-refractivity contribution in [1.29, 1.82) is 0 Å². The van der Waals surface area contributed by atoms with Gasteiger partial charge in [0.1, 0.15) is 0 Å². The van der Waals surface area contributed by atoms with Gasteiger partial charge in [0.05, 0.1) is 10.8 Å². The molecule has 0 unspecified atom stereocenters. The van der Waals surface area contributed by atoms with Gasteiger partial charge in [0.25, 0.3) is 0 Å². The molecule has 72 valence electrons. The van der Waals surface area contributed by atoms with E-state index in [0.29, 0.717) is 5.92 Å². The average molecular weight is 261 g/mol. The molecule has 1 aromatic carbocycles. The highest BCUT2D eigenvalue weighted by Crippen LogP contribution is 2.14. The Bertz CT molecular complexity index is 292. The standard InChI is InChI=1S/C10H13BrOS/c1-8(2)7-13(12)10-5-3-9(11)4-6-10/h3-6,8H,7H2,1-2H3/t13-/m0/s1. The van der Waals surface area contributed by atoms with E-state index in [1.165, 1.54) is 0 Å². The van der Waals surface area contributed by atoms with Crippen molar-refractivity contribution in [2.24, 2.45) is 5.92 Å². The second kappa shape index (κ2) is 4.91. The van der Waals surface area contributed by atoms with Crippen LogP contribution in [0.4, 0.5) is 0 Å². The molecule has 1 aromatic rings. The quantitative estimate of drug-likeness (QED) is 0.816. The number of halogens is 1. The first-order valence-corrected chi connectivity index (χ1v) is 6.34. The van der Waals surface area contributed by atoms with Crippen LogP contribution in [0.15, 0.2) is 33.6 Å². The fraction of sp³-hybridized carbons (Fsp3) is 0.400. The van der Waals surface area contributed by atoms with Gasteiger partial charge < -0.3 is 0 Å². The first-order chi connectivity index (χ1) is 6.09. The molecule has 0 spiro atoms. The lowest BCUT2D eigenvalue weighted by atomic mass is 10.3. The Morgan fingerprint density at radius 1 is 1.31 bits per heavy atom. The number of rotatable bonds is 3. The van der Waals surface area contributed by atoms with E-state index in [1.54, 1.807) is 0 Å². The molecule has 1 nitrogen and oxygen atoms in total. The summed E-state index contributed by atoms with van der Waals surface area (Å²) in [6, 6.07) is 7.66. The molecule has 13 heavy (non-hydrogen) atoms. The number of benzene rings is 1. The summed E-state index contributed by atoms with van der Waals surface area (Å²) in [6.45, 7) is 4.16. The normalized spacial score (nSPS) is 13.2. The van der Waals surface area contributed by atoms with Crippen LogP contribution in [0, 0.1) is 5.92 Å². The van der Waals surface area contributed by atoms with Gasteiger partial charge in [-0.1, -0.05) is 29.8 Å². The van der Waals surface area contributed by atoms with Crippen molar-refractivity contribution >= 4 is 26.7 Å². The van der Waals surface area contributed by atoms with Crippen LogP contribution < -0.4 is 0 Å². The van der Waals surface area contributed by atoms with Gasteiger partial charge in [-0.05, 0) is 30.2 Å². The fourth-order valence-electron chi connectivity index (χ4n) is 0.985. The zero-order valence-corrected chi connectivity index (χ0v) is 10.2. The van der Waals surface area contributed by atoms with Crippen LogP contribution >= 0.6 is 15.9 Å². The highest BCUT2D eigenvalue weighted by Gasteiger charge is 2.05. The van der Waals surface area contributed by atoms with Crippen molar-refractivity contribution in [2.75, 3.05) is 5.75 Å². The molecule has 0 bridgehead atoms. The molecule has 0 radical (unpaired) electrons. The van der Waals surface area contributed by atoms with E-state index >= 15 is 0 Å². The average Bonchev–Trinajstić information content (AvgIpc) is 2.04. The number of hydrogen-bond donors (Lipinski definition) is 0. The molecule has 0 saturated heterocycles. The Morgan fingerprint density at radius 3 is 2.31 bits per heavy atom. The minimum absolute atomic E-state index is 0.476. The van der Waals surface area contributed by atoms with E-state index in [9.17, 15) is 4.21 Å². The van der Waals surface area contributed by atoms with Crippen LogP contribution in [-0.4, -0.2) is 9.96 Å². The minimum Gasteiger partial charge on any atom is -0.254 e. The summed E-state index contributed by atoms with van der Waals surface area (Å²) >= 11 is 3.35. The molecule has 0 aliphatic rings. The molecular formula is C10H13BrOS. The van der Waals surface area contributed by atoms with Crippen molar-refractivity contribution in [3.05, 3.63) is 28.7 Å². The van der Waals surface area contributed by atoms with Crippen molar-refractivity contribution in [1.82, 2.24) is 0 Å². The van der Waals surface area contributed by atoms with Gasteiger partial charge in [0.2, 0.25) is 0 Å². The van der Waals surface area contributed by atoms with Crippen LogP contribution in [0.25, 0.3) is 0 Å². The summed E-state index contributed by atoms with van der Waals surface area (Å²) in [6.07, 6.45) is 0. The predicted octanol–water partition coefficient (Wildman–Crippen LogP) is 3.21. The van der Waals surface area contributed by atoms with E-state index in [0.717, 1.165) is 15.1 Å². The summed E-state index contributed by atoms with van der Waals surface area (Å²) in [7, 11) is -0.843. The Labute approximate surface area is 90.1 Å². The molecule has 3 heteroatoms. The second-order valence-corrected chi connectivity index (χ2v) is 5.77. The van der Waals surface area contributed by atoms with Gasteiger partial charge in [0, 0.05) is 15.1 Å². The highest BCUT2D eigenvalue weighted by molar-refractivity contribution is 9.10. The van der Waals surface area contributed by atoms with Gasteiger partial charge in [-0.3, -0.25) is 4.21 Å². The number of hydrogen-bond acceptors (Lipinski definition) is 1. The highest BCUT2D eigenvalue weighted by atomic mass is 79.9. The van der Waals surface area contributed by atoms with Crippen molar-refractivity contribution in [2.45, 2.75) is 18.7 Å². The molecule has 0 fully saturated rings. The first kappa shape index (κ1) is 10.9. The molecule has 0 amide bonds. The SMILES string of the molecule is CC(C)C[S@](=O)c1ccc(Br)cc1. The van der Waals surface area contributed by atoms with Crippen molar-refractivity contribution in [3.63, 3.8) is 0 Å². The van der Waals surface area contributed by atoms with Crippen LogP contribution in [0.1, 0.15) is 13.8 Å². The van der Waals surface area contributed by atoms with Crippen LogP contribution in [0.5, 0.6) is 0 Å². The fourth-order valence-corrected chi connectivity index (χ4v) is 2.49. The van der Waals surface area contributed by atoms with Crippen molar-refractivity contribution in [3.8, 4) is 0 Å². The van der Waals surface area contributed by atoms with Gasteiger partial charge in [-0.15, -0.1) is 0 Å². The molecule has 0 aliphatic carbocycles. The van der Waals surface area contributed by atoms with E-state index < -0.39 is 10.8 Å². The summed E-state index contributed by atoms with van der Waals surface area (Å²) in [5.74, 6) is 1.21. The maximum Gasteiger partial charge on any atom is 0.0532 e. The molecular weight excluding hydrogens is 248 g/mol. The third-order valence-electron chi connectivity index (χ3n) is 1.56.